The van der Waals surface area contributed by atoms with Gasteiger partial charge in [-0.3, -0.25) is 4.79 Å². The number of piperidine rings is 1. The van der Waals surface area contributed by atoms with Crippen LogP contribution in [0.15, 0.2) is 42.6 Å². The van der Waals surface area contributed by atoms with E-state index in [2.05, 4.69) is 68.0 Å². The molecule has 170 valence electrons. The van der Waals surface area contributed by atoms with E-state index >= 15 is 0 Å². The second-order valence-electron chi connectivity index (χ2n) is 9.24. The third-order valence-corrected chi connectivity index (χ3v) is 7.06. The van der Waals surface area contributed by atoms with Crippen molar-refractivity contribution in [1.29, 1.82) is 0 Å². The van der Waals surface area contributed by atoms with E-state index in [4.69, 9.17) is 4.98 Å². The summed E-state index contributed by atoms with van der Waals surface area (Å²) in [7, 11) is 2.18. The molecule has 0 radical (unpaired) electrons. The summed E-state index contributed by atoms with van der Waals surface area (Å²) < 4.78 is 2.22. The average Bonchev–Trinajstić information content (AvgIpc) is 3.33. The SMILES string of the molecule is CN1CCN(CCCNC(=O)C2CCN(c3nc4ccccc4n4cccc34)CC2)CC1. The van der Waals surface area contributed by atoms with Crippen molar-refractivity contribution in [3.63, 3.8) is 0 Å². The number of aromatic nitrogens is 2. The summed E-state index contributed by atoms with van der Waals surface area (Å²) >= 11 is 0. The fourth-order valence-corrected chi connectivity index (χ4v) is 5.02. The number of nitrogens with one attached hydrogen (secondary N) is 1. The van der Waals surface area contributed by atoms with Crippen LogP contribution in [0, 0.1) is 5.92 Å². The Kier molecular flexibility index (Phi) is 6.28. The largest absolute Gasteiger partial charge is 0.356 e. The predicted molar refractivity (Wildman–Crippen MR) is 129 cm³/mol. The minimum Gasteiger partial charge on any atom is -0.356 e. The molecule has 1 N–H and O–H groups in total. The van der Waals surface area contributed by atoms with Gasteiger partial charge in [0, 0.05) is 57.9 Å². The van der Waals surface area contributed by atoms with E-state index < -0.39 is 0 Å². The van der Waals surface area contributed by atoms with Gasteiger partial charge in [-0.05, 0) is 57.1 Å². The zero-order valence-electron chi connectivity index (χ0n) is 19.0. The molecule has 0 saturated carbocycles. The van der Waals surface area contributed by atoms with E-state index in [0.29, 0.717) is 0 Å². The van der Waals surface area contributed by atoms with E-state index in [1.54, 1.807) is 0 Å². The first-order chi connectivity index (χ1) is 15.7. The smallest absolute Gasteiger partial charge is 0.223 e. The summed E-state index contributed by atoms with van der Waals surface area (Å²) in [5.74, 6) is 1.36. The van der Waals surface area contributed by atoms with Crippen LogP contribution in [0.4, 0.5) is 5.82 Å². The van der Waals surface area contributed by atoms with Gasteiger partial charge in [0.1, 0.15) is 0 Å². The number of hydrogen-bond donors (Lipinski definition) is 1. The molecule has 2 aliphatic rings. The molecule has 32 heavy (non-hydrogen) atoms. The molecule has 0 unspecified atom stereocenters. The Morgan fingerprint density at radius 3 is 2.56 bits per heavy atom. The number of piperazine rings is 1. The Labute approximate surface area is 190 Å². The lowest BCUT2D eigenvalue weighted by Gasteiger charge is -2.33. The van der Waals surface area contributed by atoms with Gasteiger partial charge in [-0.1, -0.05) is 12.1 Å². The summed E-state index contributed by atoms with van der Waals surface area (Å²) in [4.78, 5) is 24.9. The number of benzene rings is 1. The van der Waals surface area contributed by atoms with E-state index in [1.807, 2.05) is 6.07 Å². The maximum Gasteiger partial charge on any atom is 0.223 e. The fraction of sp³-hybridized carbons (Fsp3) is 0.520. The molecule has 0 bridgehead atoms. The van der Waals surface area contributed by atoms with Crippen LogP contribution >= 0.6 is 0 Å². The molecule has 5 rings (SSSR count). The molecule has 0 aliphatic carbocycles. The predicted octanol–water partition coefficient (Wildman–Crippen LogP) is 2.46. The monoisotopic (exact) mass is 434 g/mol. The van der Waals surface area contributed by atoms with Crippen molar-refractivity contribution < 1.29 is 4.79 Å². The molecule has 2 fully saturated rings. The van der Waals surface area contributed by atoms with Gasteiger partial charge in [-0.25, -0.2) is 4.98 Å². The van der Waals surface area contributed by atoms with Gasteiger partial charge in [-0.2, -0.15) is 0 Å². The van der Waals surface area contributed by atoms with Gasteiger partial charge in [-0.15, -0.1) is 0 Å². The van der Waals surface area contributed by atoms with Gasteiger partial charge in [0.15, 0.2) is 5.82 Å². The van der Waals surface area contributed by atoms with Crippen molar-refractivity contribution >= 4 is 28.3 Å². The summed E-state index contributed by atoms with van der Waals surface area (Å²) in [6.45, 7) is 8.16. The Bertz CT molecular complexity index is 1060. The Hall–Kier alpha value is -2.64. The van der Waals surface area contributed by atoms with Gasteiger partial charge in [0.05, 0.1) is 16.6 Å². The summed E-state index contributed by atoms with van der Waals surface area (Å²) in [6, 6.07) is 12.5. The minimum atomic E-state index is 0.109. The highest BCUT2D eigenvalue weighted by molar-refractivity contribution is 5.85. The zero-order valence-corrected chi connectivity index (χ0v) is 19.0. The quantitative estimate of drug-likeness (QED) is 0.604. The van der Waals surface area contributed by atoms with Crippen molar-refractivity contribution in [3.05, 3.63) is 42.6 Å². The number of likely N-dealkylation sites (N-methyl/N-ethyl adjacent to an activating group) is 1. The van der Waals surface area contributed by atoms with Crippen LogP contribution in [-0.4, -0.2) is 84.5 Å². The third-order valence-electron chi connectivity index (χ3n) is 7.06. The van der Waals surface area contributed by atoms with E-state index in [0.717, 1.165) is 94.0 Å². The molecule has 7 heteroatoms. The fourth-order valence-electron chi connectivity index (χ4n) is 5.02. The number of carbonyl (C=O) groups excluding carboxylic acids is 1. The van der Waals surface area contributed by atoms with Crippen LogP contribution in [-0.2, 0) is 4.79 Å². The van der Waals surface area contributed by atoms with E-state index in [1.165, 1.54) is 0 Å². The standard InChI is InChI=1S/C25H34N6O/c1-28-16-18-29(19-17-28)12-5-11-26-25(32)20-9-14-30(15-10-20)24-23-8-4-13-31(23)22-7-3-2-6-21(22)27-24/h2-4,6-8,13,20H,5,9-12,14-19H2,1H3,(H,26,32). The lowest BCUT2D eigenvalue weighted by molar-refractivity contribution is -0.125. The van der Waals surface area contributed by atoms with Crippen LogP contribution < -0.4 is 10.2 Å². The van der Waals surface area contributed by atoms with Crippen LogP contribution in [0.1, 0.15) is 19.3 Å². The molecule has 4 heterocycles. The first-order valence-corrected chi connectivity index (χ1v) is 12.0. The molecular weight excluding hydrogens is 400 g/mol. The second kappa shape index (κ2) is 9.46. The summed E-state index contributed by atoms with van der Waals surface area (Å²) in [6.07, 6.45) is 4.89. The Morgan fingerprint density at radius 2 is 1.75 bits per heavy atom. The number of para-hydroxylation sites is 2. The maximum absolute atomic E-state index is 12.7. The molecule has 1 aromatic carbocycles. The van der Waals surface area contributed by atoms with E-state index in [9.17, 15) is 4.79 Å². The van der Waals surface area contributed by atoms with Crippen molar-refractivity contribution in [1.82, 2.24) is 24.5 Å². The highest BCUT2D eigenvalue weighted by Crippen LogP contribution is 2.29. The van der Waals surface area contributed by atoms with Crippen LogP contribution in [0.3, 0.4) is 0 Å². The number of nitrogens with zero attached hydrogens (tertiary/aromatic N) is 5. The lowest BCUT2D eigenvalue weighted by atomic mass is 9.96. The summed E-state index contributed by atoms with van der Waals surface area (Å²) in [5, 5.41) is 3.19. The van der Waals surface area contributed by atoms with Gasteiger partial charge < -0.3 is 24.4 Å². The van der Waals surface area contributed by atoms with Gasteiger partial charge >= 0.3 is 0 Å². The molecule has 3 aromatic rings. The van der Waals surface area contributed by atoms with E-state index in [-0.39, 0.29) is 11.8 Å². The highest BCUT2D eigenvalue weighted by Gasteiger charge is 2.26. The highest BCUT2D eigenvalue weighted by atomic mass is 16.1. The molecule has 7 nitrogen and oxygen atoms in total. The molecule has 2 aromatic heterocycles. The molecule has 2 aliphatic heterocycles. The molecule has 0 spiro atoms. The first-order valence-electron chi connectivity index (χ1n) is 12.0. The average molecular weight is 435 g/mol. The molecule has 0 atom stereocenters. The maximum atomic E-state index is 12.7. The first kappa shape index (κ1) is 21.2. The number of amides is 1. The molecule has 2 saturated heterocycles. The van der Waals surface area contributed by atoms with Crippen molar-refractivity contribution in [3.8, 4) is 0 Å². The number of anilines is 1. The van der Waals surface area contributed by atoms with Crippen LogP contribution in [0.25, 0.3) is 16.6 Å². The number of carbonyl (C=O) groups is 1. The molecule has 1 amide bonds. The normalized spacial score (nSPS) is 19.1. The second-order valence-corrected chi connectivity index (χ2v) is 9.24. The lowest BCUT2D eigenvalue weighted by Crippen LogP contribution is -2.45. The zero-order chi connectivity index (χ0) is 21.9. The number of rotatable bonds is 6. The van der Waals surface area contributed by atoms with Gasteiger partial charge in [0.25, 0.3) is 0 Å². The topological polar surface area (TPSA) is 56.1 Å². The number of hydrogen-bond acceptors (Lipinski definition) is 5. The molecular formula is C25H34N6O. The summed E-state index contributed by atoms with van der Waals surface area (Å²) in [5.41, 5.74) is 3.27. The van der Waals surface area contributed by atoms with Crippen molar-refractivity contribution in [2.75, 3.05) is 64.3 Å². The minimum absolute atomic E-state index is 0.109. The van der Waals surface area contributed by atoms with Crippen molar-refractivity contribution in [2.24, 2.45) is 5.92 Å². The van der Waals surface area contributed by atoms with Crippen LogP contribution in [0.5, 0.6) is 0 Å². The Morgan fingerprint density at radius 1 is 1.00 bits per heavy atom. The van der Waals surface area contributed by atoms with Crippen LogP contribution in [0.2, 0.25) is 0 Å². The Balaban J connectivity index is 1.13. The van der Waals surface area contributed by atoms with Gasteiger partial charge in [0.2, 0.25) is 5.91 Å². The third kappa shape index (κ3) is 4.45. The van der Waals surface area contributed by atoms with Crippen molar-refractivity contribution in [2.45, 2.75) is 19.3 Å². The number of fused-ring (bicyclic) bond motifs is 3.